The summed E-state index contributed by atoms with van der Waals surface area (Å²) >= 11 is 6.11. The maximum Gasteiger partial charge on any atom is 0.235 e. The monoisotopic (exact) mass is 289 g/mol. The summed E-state index contributed by atoms with van der Waals surface area (Å²) in [5.41, 5.74) is 1.53. The van der Waals surface area contributed by atoms with E-state index in [1.165, 1.54) is 0 Å². The van der Waals surface area contributed by atoms with Crippen LogP contribution in [-0.4, -0.2) is 19.9 Å². The second kappa shape index (κ2) is 4.38. The topological polar surface area (TPSA) is 70.9 Å². The van der Waals surface area contributed by atoms with Crippen LogP contribution in [0.25, 0.3) is 22.3 Å². The first kappa shape index (κ1) is 12.7. The molecule has 0 aliphatic heterocycles. The first-order valence-electron chi connectivity index (χ1n) is 6.04. The highest BCUT2D eigenvalue weighted by molar-refractivity contribution is 6.33. The highest BCUT2D eigenvalue weighted by atomic mass is 35.5. The van der Waals surface area contributed by atoms with E-state index in [1.54, 1.807) is 42.9 Å². The summed E-state index contributed by atoms with van der Waals surface area (Å²) in [6, 6.07) is 6.99. The van der Waals surface area contributed by atoms with Crippen LogP contribution in [0.2, 0.25) is 5.02 Å². The highest BCUT2D eigenvalue weighted by Crippen LogP contribution is 2.32. The van der Waals surface area contributed by atoms with E-state index in [0.717, 1.165) is 0 Å². The van der Waals surface area contributed by atoms with Crippen LogP contribution in [0.3, 0.4) is 0 Å². The molecule has 0 radical (unpaired) electrons. The van der Waals surface area contributed by atoms with Crippen LogP contribution in [0.1, 0.15) is 5.69 Å². The summed E-state index contributed by atoms with van der Waals surface area (Å²) in [4.78, 5) is 15.3. The molecule has 2 aromatic heterocycles. The number of aromatic amines is 1. The van der Waals surface area contributed by atoms with Crippen molar-refractivity contribution in [3.63, 3.8) is 0 Å². The number of pyridine rings is 1. The lowest BCUT2D eigenvalue weighted by molar-refractivity contribution is 0.471. The fourth-order valence-corrected chi connectivity index (χ4v) is 2.47. The smallest absolute Gasteiger partial charge is 0.235 e. The van der Waals surface area contributed by atoms with Crippen molar-refractivity contribution in [3.05, 3.63) is 45.2 Å². The Bertz CT molecular complexity index is 880. The van der Waals surface area contributed by atoms with Crippen LogP contribution in [0, 0.1) is 6.92 Å². The number of nitrogens with one attached hydrogen (secondary N) is 1. The van der Waals surface area contributed by atoms with Crippen LogP contribution in [0.15, 0.2) is 29.1 Å². The zero-order chi connectivity index (χ0) is 14.4. The Labute approximate surface area is 119 Å². The number of nitrogens with zero attached hydrogens (tertiary/aromatic N) is 2. The van der Waals surface area contributed by atoms with Crippen LogP contribution in [-0.2, 0) is 7.05 Å². The highest BCUT2D eigenvalue weighted by Gasteiger charge is 2.18. The molecule has 0 spiro atoms. The van der Waals surface area contributed by atoms with E-state index in [9.17, 15) is 9.90 Å². The largest absolute Gasteiger partial charge is 0.503 e. The maximum atomic E-state index is 12.3. The van der Waals surface area contributed by atoms with Crippen molar-refractivity contribution < 1.29 is 5.11 Å². The number of hydrogen-bond donors (Lipinski definition) is 2. The molecule has 0 unspecified atom stereocenters. The van der Waals surface area contributed by atoms with Gasteiger partial charge in [-0.2, -0.15) is 5.10 Å². The average Bonchev–Trinajstić information content (AvgIpc) is 2.70. The summed E-state index contributed by atoms with van der Waals surface area (Å²) < 4.78 is 1.60. The van der Waals surface area contributed by atoms with Gasteiger partial charge in [0.15, 0.2) is 11.4 Å². The van der Waals surface area contributed by atoms with Crippen LogP contribution < -0.4 is 5.43 Å². The van der Waals surface area contributed by atoms with Crippen molar-refractivity contribution in [2.75, 3.05) is 0 Å². The molecule has 0 bridgehead atoms. The summed E-state index contributed by atoms with van der Waals surface area (Å²) in [5.74, 6) is -0.346. The molecule has 6 heteroatoms. The summed E-state index contributed by atoms with van der Waals surface area (Å²) in [6.45, 7) is 1.78. The van der Waals surface area contributed by atoms with E-state index in [1.807, 2.05) is 0 Å². The van der Waals surface area contributed by atoms with Gasteiger partial charge >= 0.3 is 0 Å². The Morgan fingerprint density at radius 1 is 1.35 bits per heavy atom. The molecule has 0 fully saturated rings. The Morgan fingerprint density at radius 2 is 2.05 bits per heavy atom. The summed E-state index contributed by atoms with van der Waals surface area (Å²) in [5, 5.41) is 15.2. The van der Waals surface area contributed by atoms with Gasteiger partial charge in [-0.3, -0.25) is 9.48 Å². The molecule has 0 aliphatic rings. The number of hydrogen-bond acceptors (Lipinski definition) is 3. The lowest BCUT2D eigenvalue weighted by Crippen LogP contribution is -2.05. The van der Waals surface area contributed by atoms with Crippen molar-refractivity contribution in [2.45, 2.75) is 6.92 Å². The zero-order valence-corrected chi connectivity index (χ0v) is 11.7. The van der Waals surface area contributed by atoms with Gasteiger partial charge in [0.25, 0.3) is 0 Å². The quantitative estimate of drug-likeness (QED) is 0.723. The minimum absolute atomic E-state index is 0.284. The first-order valence-corrected chi connectivity index (χ1v) is 6.42. The molecule has 0 atom stereocenters. The molecule has 1 aromatic carbocycles. The number of rotatable bonds is 1. The lowest BCUT2D eigenvalue weighted by atomic mass is 10.1. The third kappa shape index (κ3) is 1.71. The Balaban J connectivity index is 2.42. The van der Waals surface area contributed by atoms with Gasteiger partial charge in [0.2, 0.25) is 5.43 Å². The molecule has 5 nitrogen and oxygen atoms in total. The first-order chi connectivity index (χ1) is 9.50. The number of halogens is 1. The fraction of sp³-hybridized carbons (Fsp3) is 0.143. The molecule has 0 aliphatic carbocycles. The van der Waals surface area contributed by atoms with Gasteiger partial charge in [0, 0.05) is 18.3 Å². The molecule has 0 saturated heterocycles. The lowest BCUT2D eigenvalue weighted by Gasteiger charge is -2.06. The Hall–Kier alpha value is -2.27. The second-order valence-corrected chi connectivity index (χ2v) is 5.00. The number of aryl methyl sites for hydroxylation is 2. The number of aromatic hydroxyl groups is 1. The van der Waals surface area contributed by atoms with E-state index in [2.05, 4.69) is 10.1 Å². The molecule has 0 saturated carbocycles. The average molecular weight is 290 g/mol. The third-order valence-corrected chi connectivity index (χ3v) is 3.73. The Morgan fingerprint density at radius 3 is 2.75 bits per heavy atom. The second-order valence-electron chi connectivity index (χ2n) is 4.59. The molecular formula is C14H12ClN3O2. The van der Waals surface area contributed by atoms with Crippen LogP contribution in [0.4, 0.5) is 0 Å². The maximum absolute atomic E-state index is 12.3. The summed E-state index contributed by atoms with van der Waals surface area (Å²) in [6.07, 6.45) is 0. The summed E-state index contributed by atoms with van der Waals surface area (Å²) in [7, 11) is 1.74. The minimum atomic E-state index is -0.445. The van der Waals surface area contributed by atoms with Crippen LogP contribution in [0.5, 0.6) is 5.75 Å². The van der Waals surface area contributed by atoms with Crippen molar-refractivity contribution in [2.24, 2.45) is 7.05 Å². The van der Waals surface area contributed by atoms with Crippen molar-refractivity contribution >= 4 is 22.6 Å². The van der Waals surface area contributed by atoms with E-state index in [4.69, 9.17) is 11.6 Å². The van der Waals surface area contributed by atoms with E-state index in [-0.39, 0.29) is 11.4 Å². The van der Waals surface area contributed by atoms with Gasteiger partial charge in [-0.05, 0) is 13.0 Å². The molecule has 0 amide bonds. The normalized spacial score (nSPS) is 11.2. The van der Waals surface area contributed by atoms with Gasteiger partial charge in [0.05, 0.1) is 16.1 Å². The predicted molar refractivity (Wildman–Crippen MR) is 78.2 cm³/mol. The number of aromatic nitrogens is 3. The molecule has 20 heavy (non-hydrogen) atoms. The third-order valence-electron chi connectivity index (χ3n) is 3.40. The van der Waals surface area contributed by atoms with Gasteiger partial charge in [-0.1, -0.05) is 29.8 Å². The minimum Gasteiger partial charge on any atom is -0.503 e. The van der Waals surface area contributed by atoms with E-state index >= 15 is 0 Å². The van der Waals surface area contributed by atoms with Gasteiger partial charge in [0.1, 0.15) is 0 Å². The standard InChI is InChI=1S/C14H12ClN3O2/c1-7-10-12(19)13(20)11(16-14(10)17-18(7)2)8-5-3-4-6-9(8)15/h3-6,20H,1-2H3,(H,16,17). The molecule has 2 heterocycles. The van der Waals surface area contributed by atoms with Crippen molar-refractivity contribution in [3.8, 4) is 17.0 Å². The predicted octanol–water partition coefficient (Wildman–Crippen LogP) is 2.60. The van der Waals surface area contributed by atoms with Gasteiger partial charge in [-0.25, -0.2) is 0 Å². The fourth-order valence-electron chi connectivity index (χ4n) is 2.24. The molecule has 2 N–H and O–H groups in total. The van der Waals surface area contributed by atoms with Crippen molar-refractivity contribution in [1.82, 2.24) is 14.8 Å². The SMILES string of the molecule is Cc1c2c(=O)c(O)c(-c3ccccc3Cl)[nH]c2nn1C. The van der Waals surface area contributed by atoms with Crippen molar-refractivity contribution in [1.29, 1.82) is 0 Å². The van der Waals surface area contributed by atoms with Gasteiger partial charge < -0.3 is 10.1 Å². The molecular weight excluding hydrogens is 278 g/mol. The number of H-pyrrole nitrogens is 1. The van der Waals surface area contributed by atoms with E-state index in [0.29, 0.717) is 27.3 Å². The van der Waals surface area contributed by atoms with Gasteiger partial charge in [-0.15, -0.1) is 0 Å². The Kier molecular flexibility index (Phi) is 2.79. The number of fused-ring (bicyclic) bond motifs is 1. The molecule has 102 valence electrons. The van der Waals surface area contributed by atoms with E-state index < -0.39 is 5.43 Å². The molecule has 3 rings (SSSR count). The zero-order valence-electron chi connectivity index (χ0n) is 10.9. The number of benzene rings is 1. The van der Waals surface area contributed by atoms with Crippen LogP contribution >= 0.6 is 11.6 Å². The molecule has 3 aromatic rings.